The molecule has 1 aromatic carbocycles. The minimum atomic E-state index is -0.873. The van der Waals surface area contributed by atoms with Crippen LogP contribution in [0.2, 0.25) is 0 Å². The summed E-state index contributed by atoms with van der Waals surface area (Å²) in [4.78, 5) is 15.3. The van der Waals surface area contributed by atoms with Crippen LogP contribution in [0.25, 0.3) is 11.0 Å². The number of hydrogen-bond donors (Lipinski definition) is 1. The lowest BCUT2D eigenvalue weighted by Crippen LogP contribution is -2.10. The molecular formula is C14H15FN2O2S2. The Morgan fingerprint density at radius 3 is 3.10 bits per heavy atom. The molecular weight excluding hydrogens is 311 g/mol. The molecule has 4 nitrogen and oxygen atoms in total. The summed E-state index contributed by atoms with van der Waals surface area (Å²) >= 11 is 3.08. The Morgan fingerprint density at radius 2 is 2.43 bits per heavy atom. The van der Waals surface area contributed by atoms with Crippen LogP contribution in [0, 0.1) is 12.7 Å². The molecule has 3 rings (SSSR count). The standard InChI is InChI=1S/C14H15FN2O2S2/c1-8-4-12-11(5-10(8)15)16-14(21-7-13(18)19)17(12)9-2-3-20-6-9/h4-5,9H,2-3,6-7H2,1H3,(H,18,19). The molecule has 2 aromatic rings. The minimum absolute atomic E-state index is 0.0371. The number of carboxylic acids is 1. The second kappa shape index (κ2) is 5.88. The summed E-state index contributed by atoms with van der Waals surface area (Å²) in [6, 6.07) is 3.56. The smallest absolute Gasteiger partial charge is 0.313 e. The molecule has 7 heteroatoms. The zero-order valence-corrected chi connectivity index (χ0v) is 13.1. The third-order valence-electron chi connectivity index (χ3n) is 3.53. The summed E-state index contributed by atoms with van der Waals surface area (Å²) in [6.45, 7) is 1.74. The van der Waals surface area contributed by atoms with Gasteiger partial charge in [0.15, 0.2) is 5.16 Å². The molecule has 1 aliphatic rings. The van der Waals surface area contributed by atoms with Gasteiger partial charge in [-0.3, -0.25) is 4.79 Å². The van der Waals surface area contributed by atoms with Crippen LogP contribution in [-0.2, 0) is 4.79 Å². The van der Waals surface area contributed by atoms with E-state index in [1.165, 1.54) is 17.8 Å². The molecule has 0 radical (unpaired) electrons. The average Bonchev–Trinajstić information content (AvgIpc) is 3.04. The van der Waals surface area contributed by atoms with Crippen LogP contribution in [-0.4, -0.2) is 37.9 Å². The van der Waals surface area contributed by atoms with Gasteiger partial charge in [0.1, 0.15) is 5.82 Å². The second-order valence-corrected chi connectivity index (χ2v) is 7.15. The Labute approximate surface area is 130 Å². The number of aliphatic carboxylic acids is 1. The quantitative estimate of drug-likeness (QED) is 0.873. The van der Waals surface area contributed by atoms with Crippen molar-refractivity contribution >= 4 is 40.5 Å². The van der Waals surface area contributed by atoms with Gasteiger partial charge in [0.25, 0.3) is 0 Å². The fourth-order valence-corrected chi connectivity index (χ4v) is 4.50. The van der Waals surface area contributed by atoms with Crippen molar-refractivity contribution < 1.29 is 14.3 Å². The number of halogens is 1. The fraction of sp³-hybridized carbons (Fsp3) is 0.429. The molecule has 1 N–H and O–H groups in total. The van der Waals surface area contributed by atoms with Gasteiger partial charge in [-0.15, -0.1) is 0 Å². The number of fused-ring (bicyclic) bond motifs is 1. The first kappa shape index (κ1) is 14.7. The second-order valence-electron chi connectivity index (χ2n) is 5.05. The van der Waals surface area contributed by atoms with Crippen molar-refractivity contribution in [2.24, 2.45) is 0 Å². The summed E-state index contributed by atoms with van der Waals surface area (Å²) in [5.41, 5.74) is 2.08. The van der Waals surface area contributed by atoms with Gasteiger partial charge in [0.05, 0.1) is 16.8 Å². The minimum Gasteiger partial charge on any atom is -0.481 e. The maximum absolute atomic E-state index is 13.7. The number of aryl methyl sites for hydroxylation is 1. The number of benzene rings is 1. The van der Waals surface area contributed by atoms with E-state index in [9.17, 15) is 9.18 Å². The molecule has 0 amide bonds. The van der Waals surface area contributed by atoms with Gasteiger partial charge < -0.3 is 9.67 Å². The first-order valence-corrected chi connectivity index (χ1v) is 8.80. The first-order chi connectivity index (χ1) is 10.1. The Morgan fingerprint density at radius 1 is 1.62 bits per heavy atom. The number of aromatic nitrogens is 2. The van der Waals surface area contributed by atoms with E-state index in [4.69, 9.17) is 5.11 Å². The molecule has 21 heavy (non-hydrogen) atoms. The Hall–Kier alpha value is -1.21. The van der Waals surface area contributed by atoms with E-state index in [-0.39, 0.29) is 11.6 Å². The van der Waals surface area contributed by atoms with Crippen molar-refractivity contribution in [2.75, 3.05) is 17.3 Å². The maximum atomic E-state index is 13.7. The fourth-order valence-electron chi connectivity index (χ4n) is 2.50. The van der Waals surface area contributed by atoms with Crippen molar-refractivity contribution in [2.45, 2.75) is 24.5 Å². The maximum Gasteiger partial charge on any atom is 0.313 e. The predicted octanol–water partition coefficient (Wildman–Crippen LogP) is 3.34. The van der Waals surface area contributed by atoms with Gasteiger partial charge in [0.2, 0.25) is 0 Å². The molecule has 1 fully saturated rings. The number of carboxylic acid groups (broad SMARTS) is 1. The zero-order valence-electron chi connectivity index (χ0n) is 11.5. The molecule has 112 valence electrons. The molecule has 1 aliphatic heterocycles. The summed E-state index contributed by atoms with van der Waals surface area (Å²) in [7, 11) is 0. The Balaban J connectivity index is 2.10. The van der Waals surface area contributed by atoms with Crippen LogP contribution in [0.15, 0.2) is 17.3 Å². The number of rotatable bonds is 4. The van der Waals surface area contributed by atoms with E-state index in [0.717, 1.165) is 23.4 Å². The van der Waals surface area contributed by atoms with Gasteiger partial charge in [0, 0.05) is 17.9 Å². The molecule has 0 spiro atoms. The van der Waals surface area contributed by atoms with Crippen LogP contribution >= 0.6 is 23.5 Å². The summed E-state index contributed by atoms with van der Waals surface area (Å²) in [5, 5.41) is 9.54. The monoisotopic (exact) mass is 326 g/mol. The summed E-state index contributed by atoms with van der Waals surface area (Å²) < 4.78 is 15.8. The molecule has 1 unspecified atom stereocenters. The van der Waals surface area contributed by atoms with Crippen molar-refractivity contribution in [3.63, 3.8) is 0 Å². The normalized spacial score (nSPS) is 18.5. The van der Waals surface area contributed by atoms with Crippen LogP contribution in [0.3, 0.4) is 0 Å². The van der Waals surface area contributed by atoms with E-state index >= 15 is 0 Å². The first-order valence-electron chi connectivity index (χ1n) is 6.66. The predicted molar refractivity (Wildman–Crippen MR) is 83.8 cm³/mol. The van der Waals surface area contributed by atoms with Gasteiger partial charge in [-0.1, -0.05) is 11.8 Å². The molecule has 1 aromatic heterocycles. The Kier molecular flexibility index (Phi) is 4.12. The highest BCUT2D eigenvalue weighted by Gasteiger charge is 2.24. The van der Waals surface area contributed by atoms with Gasteiger partial charge in [-0.2, -0.15) is 11.8 Å². The van der Waals surface area contributed by atoms with Crippen LogP contribution in [0.4, 0.5) is 4.39 Å². The lowest BCUT2D eigenvalue weighted by atomic mass is 10.2. The summed E-state index contributed by atoms with van der Waals surface area (Å²) in [5.74, 6) is 0.894. The molecule has 1 saturated heterocycles. The SMILES string of the molecule is Cc1cc2c(cc1F)nc(SCC(=O)O)n2C1CCSC1. The lowest BCUT2D eigenvalue weighted by Gasteiger charge is -2.15. The lowest BCUT2D eigenvalue weighted by molar-refractivity contribution is -0.133. The van der Waals surface area contributed by atoms with E-state index in [2.05, 4.69) is 9.55 Å². The van der Waals surface area contributed by atoms with Gasteiger partial charge in [-0.25, -0.2) is 9.37 Å². The third kappa shape index (κ3) is 2.89. The van der Waals surface area contributed by atoms with E-state index < -0.39 is 5.97 Å². The highest BCUT2D eigenvalue weighted by Crippen LogP contribution is 2.35. The number of imidazole rings is 1. The van der Waals surface area contributed by atoms with Crippen LogP contribution < -0.4 is 0 Å². The molecule has 0 bridgehead atoms. The highest BCUT2D eigenvalue weighted by atomic mass is 32.2. The van der Waals surface area contributed by atoms with Crippen LogP contribution in [0.5, 0.6) is 0 Å². The average molecular weight is 326 g/mol. The zero-order chi connectivity index (χ0) is 15.0. The van der Waals surface area contributed by atoms with E-state index in [0.29, 0.717) is 22.3 Å². The van der Waals surface area contributed by atoms with Gasteiger partial charge >= 0.3 is 5.97 Å². The van der Waals surface area contributed by atoms with Gasteiger partial charge in [-0.05, 0) is 30.7 Å². The highest BCUT2D eigenvalue weighted by molar-refractivity contribution is 8.00. The summed E-state index contributed by atoms with van der Waals surface area (Å²) in [6.07, 6.45) is 1.03. The number of thioether (sulfide) groups is 2. The molecule has 1 atom stereocenters. The molecule has 0 saturated carbocycles. The Bertz CT molecular complexity index is 696. The largest absolute Gasteiger partial charge is 0.481 e. The van der Waals surface area contributed by atoms with Crippen molar-refractivity contribution in [3.8, 4) is 0 Å². The van der Waals surface area contributed by atoms with E-state index in [1.807, 2.05) is 17.8 Å². The number of hydrogen-bond acceptors (Lipinski definition) is 4. The molecule has 2 heterocycles. The number of carbonyl (C=O) groups is 1. The van der Waals surface area contributed by atoms with Crippen molar-refractivity contribution in [1.29, 1.82) is 0 Å². The third-order valence-corrected chi connectivity index (χ3v) is 5.62. The number of nitrogens with zero attached hydrogens (tertiary/aromatic N) is 2. The molecule has 0 aliphatic carbocycles. The van der Waals surface area contributed by atoms with E-state index in [1.54, 1.807) is 6.92 Å². The van der Waals surface area contributed by atoms with Crippen molar-refractivity contribution in [1.82, 2.24) is 9.55 Å². The van der Waals surface area contributed by atoms with Crippen molar-refractivity contribution in [3.05, 3.63) is 23.5 Å². The van der Waals surface area contributed by atoms with Crippen LogP contribution in [0.1, 0.15) is 18.0 Å². The topological polar surface area (TPSA) is 55.1 Å².